The Labute approximate surface area is 137 Å². The van der Waals surface area contributed by atoms with Gasteiger partial charge in [-0.15, -0.1) is 0 Å². The maximum absolute atomic E-state index is 6.56. The van der Waals surface area contributed by atoms with E-state index in [2.05, 4.69) is 59.7 Å². The van der Waals surface area contributed by atoms with Gasteiger partial charge < -0.3 is 0 Å². The third-order valence-corrected chi connectivity index (χ3v) is 6.13. The average Bonchev–Trinajstić information content (AvgIpc) is 2.49. The zero-order chi connectivity index (χ0) is 16.1. The van der Waals surface area contributed by atoms with Crippen molar-refractivity contribution in [2.45, 2.75) is 80.1 Å². The Hall–Kier alpha value is -0.490. The van der Waals surface area contributed by atoms with Gasteiger partial charge in [0, 0.05) is 5.02 Å². The van der Waals surface area contributed by atoms with E-state index in [4.69, 9.17) is 11.6 Å². The van der Waals surface area contributed by atoms with Crippen molar-refractivity contribution in [3.8, 4) is 0 Å². The van der Waals surface area contributed by atoms with Gasteiger partial charge in [0.05, 0.1) is 0 Å². The minimum Gasteiger partial charge on any atom is -0.0840 e. The molecule has 0 N–H and O–H groups in total. The molecule has 1 heteroatoms. The maximum Gasteiger partial charge on any atom is 0.0440 e. The molecule has 0 saturated heterocycles. The quantitative estimate of drug-likeness (QED) is 0.481. The molecule has 0 saturated carbocycles. The van der Waals surface area contributed by atoms with Crippen molar-refractivity contribution in [3.05, 3.63) is 34.3 Å². The minimum atomic E-state index is 0.368. The van der Waals surface area contributed by atoms with Crippen LogP contribution in [0, 0.1) is 10.8 Å². The highest BCUT2D eigenvalue weighted by Crippen LogP contribution is 2.35. The van der Waals surface area contributed by atoms with Crippen molar-refractivity contribution in [3.63, 3.8) is 0 Å². The first-order chi connectivity index (χ1) is 9.81. The van der Waals surface area contributed by atoms with Crippen LogP contribution in [-0.2, 0) is 12.8 Å². The van der Waals surface area contributed by atoms with Crippen molar-refractivity contribution in [2.75, 3.05) is 0 Å². The van der Waals surface area contributed by atoms with E-state index < -0.39 is 0 Å². The Bertz CT molecular complexity index is 439. The second-order valence-corrected chi connectivity index (χ2v) is 7.72. The molecule has 0 atom stereocenters. The molecule has 120 valence electrons. The SMILES string of the molecule is CCC(C)(CC)Cc1ccc(CC(C)(CC)CC)c(Cl)c1. The predicted molar refractivity (Wildman–Crippen MR) is 96.2 cm³/mol. The Morgan fingerprint density at radius 2 is 1.29 bits per heavy atom. The summed E-state index contributed by atoms with van der Waals surface area (Å²) in [5.41, 5.74) is 3.45. The van der Waals surface area contributed by atoms with E-state index in [1.54, 1.807) is 0 Å². The Morgan fingerprint density at radius 3 is 1.71 bits per heavy atom. The highest BCUT2D eigenvalue weighted by atomic mass is 35.5. The molecule has 0 bridgehead atoms. The fourth-order valence-electron chi connectivity index (χ4n) is 2.80. The van der Waals surface area contributed by atoms with Crippen LogP contribution in [-0.4, -0.2) is 0 Å². The normalized spacial score (nSPS) is 12.7. The van der Waals surface area contributed by atoms with Gasteiger partial charge in [0.1, 0.15) is 0 Å². The van der Waals surface area contributed by atoms with Gasteiger partial charge in [-0.25, -0.2) is 0 Å². The van der Waals surface area contributed by atoms with E-state index in [0.29, 0.717) is 10.8 Å². The lowest BCUT2D eigenvalue weighted by molar-refractivity contribution is 0.293. The molecule has 0 amide bonds. The summed E-state index contributed by atoms with van der Waals surface area (Å²) in [4.78, 5) is 0. The molecule has 0 fully saturated rings. The van der Waals surface area contributed by atoms with Crippen LogP contribution in [0.4, 0.5) is 0 Å². The Balaban J connectivity index is 2.91. The first-order valence-corrected chi connectivity index (χ1v) is 8.96. The van der Waals surface area contributed by atoms with Crippen LogP contribution in [0.5, 0.6) is 0 Å². The summed E-state index contributed by atoms with van der Waals surface area (Å²) in [5, 5.41) is 0.954. The van der Waals surface area contributed by atoms with E-state index in [1.807, 2.05) is 0 Å². The molecule has 0 aromatic heterocycles. The summed E-state index contributed by atoms with van der Waals surface area (Å²) in [6.45, 7) is 13.9. The molecule has 0 aliphatic carbocycles. The van der Waals surface area contributed by atoms with Crippen molar-refractivity contribution in [1.82, 2.24) is 0 Å². The van der Waals surface area contributed by atoms with Crippen molar-refractivity contribution < 1.29 is 0 Å². The van der Waals surface area contributed by atoms with E-state index in [1.165, 1.54) is 36.8 Å². The zero-order valence-electron chi connectivity index (χ0n) is 14.9. The lowest BCUT2D eigenvalue weighted by Crippen LogP contribution is -2.18. The van der Waals surface area contributed by atoms with Gasteiger partial charge in [0.25, 0.3) is 0 Å². The molecule has 1 aromatic rings. The van der Waals surface area contributed by atoms with Gasteiger partial charge in [-0.2, -0.15) is 0 Å². The van der Waals surface area contributed by atoms with Gasteiger partial charge in [0.2, 0.25) is 0 Å². The van der Waals surface area contributed by atoms with E-state index in [-0.39, 0.29) is 0 Å². The molecule has 1 rings (SSSR count). The van der Waals surface area contributed by atoms with E-state index >= 15 is 0 Å². The number of rotatable bonds is 8. The Morgan fingerprint density at radius 1 is 0.810 bits per heavy atom. The first kappa shape index (κ1) is 18.6. The summed E-state index contributed by atoms with van der Waals surface area (Å²) < 4.78 is 0. The van der Waals surface area contributed by atoms with Crippen LogP contribution in [0.15, 0.2) is 18.2 Å². The third kappa shape index (κ3) is 5.02. The molecule has 0 aliphatic rings. The lowest BCUT2D eigenvalue weighted by atomic mass is 9.77. The van der Waals surface area contributed by atoms with Gasteiger partial charge in [-0.1, -0.05) is 91.0 Å². The molecule has 0 spiro atoms. The maximum atomic E-state index is 6.56. The summed E-state index contributed by atoms with van der Waals surface area (Å²) in [6.07, 6.45) is 7.03. The molecule has 0 aliphatic heterocycles. The zero-order valence-corrected chi connectivity index (χ0v) is 15.6. The molecular formula is C20H33Cl. The van der Waals surface area contributed by atoms with Gasteiger partial charge >= 0.3 is 0 Å². The fourth-order valence-corrected chi connectivity index (χ4v) is 3.07. The summed E-state index contributed by atoms with van der Waals surface area (Å²) >= 11 is 6.56. The van der Waals surface area contributed by atoms with Crippen LogP contribution in [0.3, 0.4) is 0 Å². The van der Waals surface area contributed by atoms with Gasteiger partial charge in [-0.05, 0) is 40.9 Å². The van der Waals surface area contributed by atoms with Gasteiger partial charge in [-0.3, -0.25) is 0 Å². The predicted octanol–water partition coefficient (Wildman–Crippen LogP) is 7.08. The standard InChI is InChI=1S/C20H33Cl/c1-7-19(5,8-2)14-16-11-12-17(18(21)13-16)15-20(6,9-3)10-4/h11-13H,7-10,14-15H2,1-6H3. The van der Waals surface area contributed by atoms with Crippen LogP contribution < -0.4 is 0 Å². The minimum absolute atomic E-state index is 0.368. The van der Waals surface area contributed by atoms with E-state index in [0.717, 1.165) is 17.9 Å². The molecule has 0 heterocycles. The number of benzene rings is 1. The summed E-state index contributed by atoms with van der Waals surface area (Å²) in [7, 11) is 0. The molecule has 1 aromatic carbocycles. The number of hydrogen-bond acceptors (Lipinski definition) is 0. The molecule has 0 unspecified atom stereocenters. The summed E-state index contributed by atoms with van der Waals surface area (Å²) in [5.74, 6) is 0. The van der Waals surface area contributed by atoms with Crippen LogP contribution in [0.25, 0.3) is 0 Å². The fraction of sp³-hybridized carbons (Fsp3) is 0.700. The lowest BCUT2D eigenvalue weighted by Gasteiger charge is -2.28. The Kier molecular flexibility index (Phi) is 6.78. The van der Waals surface area contributed by atoms with Gasteiger partial charge in [0.15, 0.2) is 0 Å². The molecule has 0 nitrogen and oxygen atoms in total. The number of hydrogen-bond donors (Lipinski definition) is 0. The molecule has 21 heavy (non-hydrogen) atoms. The van der Waals surface area contributed by atoms with Crippen LogP contribution >= 0.6 is 11.6 Å². The topological polar surface area (TPSA) is 0 Å². The second kappa shape index (κ2) is 7.68. The van der Waals surface area contributed by atoms with Crippen molar-refractivity contribution in [1.29, 1.82) is 0 Å². The van der Waals surface area contributed by atoms with Crippen molar-refractivity contribution in [2.24, 2.45) is 10.8 Å². The average molecular weight is 309 g/mol. The summed E-state index contributed by atoms with van der Waals surface area (Å²) in [6, 6.07) is 6.75. The monoisotopic (exact) mass is 308 g/mol. The molecule has 0 radical (unpaired) electrons. The molecular weight excluding hydrogens is 276 g/mol. The van der Waals surface area contributed by atoms with Crippen LogP contribution in [0.2, 0.25) is 5.02 Å². The second-order valence-electron chi connectivity index (χ2n) is 7.31. The van der Waals surface area contributed by atoms with E-state index in [9.17, 15) is 0 Å². The largest absolute Gasteiger partial charge is 0.0840 e. The highest BCUT2D eigenvalue weighted by molar-refractivity contribution is 6.31. The van der Waals surface area contributed by atoms with Crippen molar-refractivity contribution >= 4 is 11.6 Å². The first-order valence-electron chi connectivity index (χ1n) is 8.58. The van der Waals surface area contributed by atoms with Crippen LogP contribution in [0.1, 0.15) is 78.4 Å². The highest BCUT2D eigenvalue weighted by Gasteiger charge is 2.23. The smallest absolute Gasteiger partial charge is 0.0440 e. The third-order valence-electron chi connectivity index (χ3n) is 5.78. The number of halogens is 1.